The summed E-state index contributed by atoms with van der Waals surface area (Å²) in [5, 5.41) is 14.7. The highest BCUT2D eigenvalue weighted by Crippen LogP contribution is 2.35. The Balaban J connectivity index is 1.69. The van der Waals surface area contributed by atoms with E-state index in [4.69, 9.17) is 11.6 Å². The Morgan fingerprint density at radius 2 is 2.07 bits per heavy atom. The average Bonchev–Trinajstić information content (AvgIpc) is 3.25. The first-order valence-corrected chi connectivity index (χ1v) is 8.87. The van der Waals surface area contributed by atoms with Gasteiger partial charge in [-0.2, -0.15) is 0 Å². The number of nitrogens with one attached hydrogen (secondary N) is 3. The van der Waals surface area contributed by atoms with Crippen molar-refractivity contribution in [2.45, 2.75) is 0 Å². The van der Waals surface area contributed by atoms with Crippen LogP contribution >= 0.6 is 11.6 Å². The smallest absolute Gasteiger partial charge is 0.256 e. The molecular weight excluding hydrogens is 397 g/mol. The second-order valence-electron chi connectivity index (χ2n) is 6.25. The van der Waals surface area contributed by atoms with E-state index in [9.17, 15) is 9.18 Å². The third-order valence-corrected chi connectivity index (χ3v) is 4.81. The van der Waals surface area contributed by atoms with Gasteiger partial charge in [-0.05, 0) is 24.3 Å². The quantitative estimate of drug-likeness (QED) is 0.392. The highest BCUT2D eigenvalue weighted by molar-refractivity contribution is 6.33. The zero-order chi connectivity index (χ0) is 20.0. The number of rotatable bonds is 3. The molecule has 0 unspecified atom stereocenters. The zero-order valence-electron chi connectivity index (χ0n) is 14.6. The van der Waals surface area contributed by atoms with Crippen LogP contribution in [0, 0.1) is 5.82 Å². The Hall–Kier alpha value is -3.85. The van der Waals surface area contributed by atoms with Gasteiger partial charge in [0.15, 0.2) is 0 Å². The number of H-pyrrole nitrogens is 2. The summed E-state index contributed by atoms with van der Waals surface area (Å²) in [5.74, 6) is -0.287. The lowest BCUT2D eigenvalue weighted by atomic mass is 10.1. The van der Waals surface area contributed by atoms with Crippen LogP contribution in [0.1, 0.15) is 0 Å². The molecule has 0 atom stereocenters. The van der Waals surface area contributed by atoms with Gasteiger partial charge >= 0.3 is 0 Å². The summed E-state index contributed by atoms with van der Waals surface area (Å²) in [7, 11) is 0. The Bertz CT molecular complexity index is 1410. The molecule has 4 aromatic heterocycles. The van der Waals surface area contributed by atoms with E-state index in [1.54, 1.807) is 30.6 Å². The molecule has 10 heteroatoms. The van der Waals surface area contributed by atoms with Gasteiger partial charge in [-0.25, -0.2) is 9.37 Å². The fourth-order valence-corrected chi connectivity index (χ4v) is 3.45. The normalized spacial score (nSPS) is 11.2. The first kappa shape index (κ1) is 17.3. The third-order valence-electron chi connectivity index (χ3n) is 4.51. The molecule has 5 aromatic rings. The summed E-state index contributed by atoms with van der Waals surface area (Å²) in [6.45, 7) is 0. The van der Waals surface area contributed by atoms with E-state index in [-0.39, 0.29) is 16.3 Å². The zero-order valence-corrected chi connectivity index (χ0v) is 15.3. The lowest BCUT2D eigenvalue weighted by molar-refractivity contribution is 0.632. The standard InChI is InChI=1S/C19H11ClFN7O/c20-12-5-9(15-8-24-28-27-15)6-13(21)17(12)26-18-10-1-4-23-19(29)16(10)11-7-22-3-2-14(11)25-18/h1-8H,(H,23,29)(H,25,26)(H,24,27,28). The van der Waals surface area contributed by atoms with Crippen LogP contribution in [0.2, 0.25) is 5.02 Å². The SMILES string of the molecule is O=c1[nH]ccc2c(Nc3c(F)cc(-c4c[nH]nn4)cc3Cl)nc3ccncc3c12. The first-order valence-electron chi connectivity index (χ1n) is 8.50. The molecule has 0 aliphatic heterocycles. The molecule has 0 radical (unpaired) electrons. The number of hydrogen-bond acceptors (Lipinski definition) is 6. The van der Waals surface area contributed by atoms with Crippen molar-refractivity contribution >= 4 is 44.8 Å². The Morgan fingerprint density at radius 3 is 2.86 bits per heavy atom. The van der Waals surface area contributed by atoms with Gasteiger partial charge in [-0.3, -0.25) is 14.9 Å². The van der Waals surface area contributed by atoms with E-state index in [1.165, 1.54) is 18.5 Å². The molecule has 0 spiro atoms. The number of nitrogens with zero attached hydrogens (tertiary/aromatic N) is 4. The number of fused-ring (bicyclic) bond motifs is 3. The minimum atomic E-state index is -0.592. The minimum absolute atomic E-state index is 0.0430. The molecule has 0 saturated carbocycles. The van der Waals surface area contributed by atoms with Crippen LogP contribution in [0.15, 0.2) is 53.8 Å². The molecule has 0 saturated heterocycles. The molecule has 0 bridgehead atoms. The van der Waals surface area contributed by atoms with E-state index in [1.807, 2.05) is 0 Å². The van der Waals surface area contributed by atoms with E-state index >= 15 is 0 Å². The largest absolute Gasteiger partial charge is 0.336 e. The van der Waals surface area contributed by atoms with Crippen molar-refractivity contribution in [3.05, 3.63) is 70.2 Å². The van der Waals surface area contributed by atoms with Crippen LogP contribution in [0.5, 0.6) is 0 Å². The van der Waals surface area contributed by atoms with E-state index in [2.05, 4.69) is 35.7 Å². The summed E-state index contributed by atoms with van der Waals surface area (Å²) < 4.78 is 14.9. The topological polar surface area (TPSA) is 112 Å². The molecule has 29 heavy (non-hydrogen) atoms. The maximum atomic E-state index is 14.9. The molecule has 0 amide bonds. The van der Waals surface area contributed by atoms with Crippen molar-refractivity contribution in [3.63, 3.8) is 0 Å². The number of aromatic nitrogens is 6. The van der Waals surface area contributed by atoms with Crippen molar-refractivity contribution < 1.29 is 4.39 Å². The molecule has 0 aliphatic carbocycles. The third kappa shape index (κ3) is 2.88. The van der Waals surface area contributed by atoms with Crippen molar-refractivity contribution in [2.24, 2.45) is 0 Å². The van der Waals surface area contributed by atoms with Crippen molar-refractivity contribution in [1.29, 1.82) is 0 Å². The molecule has 8 nitrogen and oxygen atoms in total. The van der Waals surface area contributed by atoms with Crippen LogP contribution in [-0.2, 0) is 0 Å². The van der Waals surface area contributed by atoms with Crippen LogP contribution in [-0.4, -0.2) is 30.4 Å². The van der Waals surface area contributed by atoms with Gasteiger partial charge in [-0.1, -0.05) is 16.8 Å². The summed E-state index contributed by atoms with van der Waals surface area (Å²) in [6, 6.07) is 6.24. The highest BCUT2D eigenvalue weighted by atomic mass is 35.5. The maximum Gasteiger partial charge on any atom is 0.256 e. The predicted octanol–water partition coefficient (Wildman–Crippen LogP) is 3.79. The molecule has 0 fully saturated rings. The number of hydrogen-bond donors (Lipinski definition) is 3. The Kier molecular flexibility index (Phi) is 3.95. The van der Waals surface area contributed by atoms with Gasteiger partial charge in [-0.15, -0.1) is 5.10 Å². The van der Waals surface area contributed by atoms with E-state index in [0.717, 1.165) is 0 Å². The molecular formula is C19H11ClFN7O. The Morgan fingerprint density at radius 1 is 1.17 bits per heavy atom. The number of halogens is 2. The van der Waals surface area contributed by atoms with Gasteiger partial charge < -0.3 is 10.3 Å². The molecule has 3 N–H and O–H groups in total. The second-order valence-corrected chi connectivity index (χ2v) is 6.65. The fraction of sp³-hybridized carbons (Fsp3) is 0. The van der Waals surface area contributed by atoms with Gasteiger partial charge in [0.25, 0.3) is 5.56 Å². The number of aromatic amines is 2. The maximum absolute atomic E-state index is 14.9. The van der Waals surface area contributed by atoms with Gasteiger partial charge in [0.2, 0.25) is 0 Å². The van der Waals surface area contributed by atoms with Crippen LogP contribution < -0.4 is 10.9 Å². The van der Waals surface area contributed by atoms with Crippen molar-refractivity contribution in [1.82, 2.24) is 30.4 Å². The molecule has 0 aliphatic rings. The molecule has 4 heterocycles. The van der Waals surface area contributed by atoms with Gasteiger partial charge in [0.05, 0.1) is 21.6 Å². The van der Waals surface area contributed by atoms with Crippen molar-refractivity contribution in [2.75, 3.05) is 5.32 Å². The molecule has 142 valence electrons. The number of benzene rings is 1. The summed E-state index contributed by atoms with van der Waals surface area (Å²) in [6.07, 6.45) is 6.19. The lowest BCUT2D eigenvalue weighted by Gasteiger charge is -2.13. The monoisotopic (exact) mass is 407 g/mol. The summed E-state index contributed by atoms with van der Waals surface area (Å²) in [5.41, 5.74) is 1.24. The van der Waals surface area contributed by atoms with Crippen LogP contribution in [0.3, 0.4) is 0 Å². The summed E-state index contributed by atoms with van der Waals surface area (Å²) >= 11 is 6.34. The first-order chi connectivity index (χ1) is 14.1. The number of anilines is 2. The number of pyridine rings is 3. The van der Waals surface area contributed by atoms with E-state index in [0.29, 0.717) is 38.8 Å². The van der Waals surface area contributed by atoms with Crippen molar-refractivity contribution in [3.8, 4) is 11.3 Å². The fourth-order valence-electron chi connectivity index (χ4n) is 3.20. The van der Waals surface area contributed by atoms with Gasteiger partial charge in [0.1, 0.15) is 17.3 Å². The van der Waals surface area contributed by atoms with E-state index < -0.39 is 5.82 Å². The molecule has 1 aromatic carbocycles. The summed E-state index contributed by atoms with van der Waals surface area (Å²) in [4.78, 5) is 23.7. The highest BCUT2D eigenvalue weighted by Gasteiger charge is 2.16. The van der Waals surface area contributed by atoms with Crippen LogP contribution in [0.25, 0.3) is 32.9 Å². The Labute approximate surface area is 166 Å². The lowest BCUT2D eigenvalue weighted by Crippen LogP contribution is -2.08. The molecule has 5 rings (SSSR count). The predicted molar refractivity (Wildman–Crippen MR) is 108 cm³/mol. The average molecular weight is 408 g/mol. The second kappa shape index (κ2) is 6.64. The van der Waals surface area contributed by atoms with Gasteiger partial charge in [0, 0.05) is 41.1 Å². The minimum Gasteiger partial charge on any atom is -0.336 e. The van der Waals surface area contributed by atoms with Crippen LogP contribution in [0.4, 0.5) is 15.9 Å².